The molecule has 0 unspecified atom stereocenters. The Morgan fingerprint density at radius 1 is 1.58 bits per heavy atom. The largest absolute Gasteiger partial charge is 0.288 e. The van der Waals surface area contributed by atoms with Crippen molar-refractivity contribution in [2.75, 3.05) is 0 Å². The minimum absolute atomic E-state index is 0.289. The zero-order chi connectivity index (χ0) is 8.72. The van der Waals surface area contributed by atoms with Gasteiger partial charge in [0.25, 0.3) is 0 Å². The van der Waals surface area contributed by atoms with Gasteiger partial charge < -0.3 is 0 Å². The van der Waals surface area contributed by atoms with Crippen molar-refractivity contribution in [3.8, 4) is 0 Å². The van der Waals surface area contributed by atoms with Crippen LogP contribution in [-0.2, 0) is 0 Å². The first-order chi connectivity index (χ1) is 5.68. The summed E-state index contributed by atoms with van der Waals surface area (Å²) in [6.45, 7) is 0. The van der Waals surface area contributed by atoms with Crippen LogP contribution in [0.4, 0.5) is 4.39 Å². The van der Waals surface area contributed by atoms with Gasteiger partial charge in [-0.15, -0.1) is 0 Å². The Labute approximate surface area is 86.5 Å². The van der Waals surface area contributed by atoms with E-state index in [0.717, 1.165) is 0 Å². The van der Waals surface area contributed by atoms with Gasteiger partial charge in [0.1, 0.15) is 10.8 Å². The molecule has 2 nitrogen and oxygen atoms in total. The van der Waals surface area contributed by atoms with Gasteiger partial charge in [-0.05, 0) is 28.7 Å². The Balaban J connectivity index is 2.87. The number of imidazole rings is 1. The number of rotatable bonds is 0. The van der Waals surface area contributed by atoms with Gasteiger partial charge in [0.05, 0.1) is 9.77 Å². The van der Waals surface area contributed by atoms with Crippen LogP contribution in [0.25, 0.3) is 5.65 Å². The molecule has 0 radical (unpaired) electrons. The second-order valence-corrected chi connectivity index (χ2v) is 3.83. The molecule has 0 atom stereocenters. The molecular formula is C7H3ClFIN2. The molecule has 0 aliphatic carbocycles. The summed E-state index contributed by atoms with van der Waals surface area (Å²) in [7, 11) is 0. The molecule has 0 N–H and O–H groups in total. The van der Waals surface area contributed by atoms with Gasteiger partial charge in [0.2, 0.25) is 0 Å². The number of pyridine rings is 1. The average molecular weight is 296 g/mol. The molecule has 0 saturated carbocycles. The molecular weight excluding hydrogens is 293 g/mol. The third-order valence-electron chi connectivity index (χ3n) is 1.51. The molecule has 5 heteroatoms. The molecule has 0 saturated heterocycles. The third kappa shape index (κ3) is 1.19. The third-order valence-corrected chi connectivity index (χ3v) is 2.61. The van der Waals surface area contributed by atoms with E-state index in [4.69, 9.17) is 11.6 Å². The summed E-state index contributed by atoms with van der Waals surface area (Å²) < 4.78 is 15.0. The van der Waals surface area contributed by atoms with E-state index in [9.17, 15) is 4.39 Å². The van der Waals surface area contributed by atoms with E-state index < -0.39 is 0 Å². The van der Waals surface area contributed by atoms with Gasteiger partial charge in [-0.1, -0.05) is 11.6 Å². The smallest absolute Gasteiger partial charge is 0.153 e. The standard InChI is InChI=1S/C7H3ClFIN2/c8-6-2-11-7-1-5(10)4(9)3-12(6)7/h1-3H. The summed E-state index contributed by atoms with van der Waals surface area (Å²) in [6.07, 6.45) is 2.82. The summed E-state index contributed by atoms with van der Waals surface area (Å²) in [5.74, 6) is -0.289. The first kappa shape index (κ1) is 8.25. The molecule has 0 aromatic carbocycles. The molecule has 12 heavy (non-hydrogen) atoms. The highest BCUT2D eigenvalue weighted by Gasteiger charge is 2.04. The molecule has 2 heterocycles. The molecule has 0 bridgehead atoms. The Hall–Kier alpha value is -0.360. The highest BCUT2D eigenvalue weighted by Crippen LogP contribution is 2.17. The zero-order valence-corrected chi connectivity index (χ0v) is 8.67. The van der Waals surface area contributed by atoms with Gasteiger partial charge in [0, 0.05) is 6.20 Å². The summed E-state index contributed by atoms with van der Waals surface area (Å²) in [6, 6.07) is 1.64. The molecule has 2 aromatic heterocycles. The lowest BCUT2D eigenvalue weighted by Crippen LogP contribution is -1.90. The number of nitrogens with zero attached hydrogens (tertiary/aromatic N) is 2. The Kier molecular flexibility index (Phi) is 1.96. The van der Waals surface area contributed by atoms with Crippen molar-refractivity contribution in [1.29, 1.82) is 0 Å². The van der Waals surface area contributed by atoms with E-state index in [1.54, 1.807) is 6.07 Å². The molecule has 2 aromatic rings. The Morgan fingerprint density at radius 2 is 2.33 bits per heavy atom. The lowest BCUT2D eigenvalue weighted by molar-refractivity contribution is 0.611. The number of fused-ring (bicyclic) bond motifs is 1. The van der Waals surface area contributed by atoms with Crippen molar-refractivity contribution in [3.63, 3.8) is 0 Å². The number of hydrogen-bond donors (Lipinski definition) is 0. The van der Waals surface area contributed by atoms with Gasteiger partial charge in [-0.3, -0.25) is 4.40 Å². The lowest BCUT2D eigenvalue weighted by atomic mass is 10.5. The Bertz CT molecular complexity index is 440. The lowest BCUT2D eigenvalue weighted by Gasteiger charge is -1.96. The van der Waals surface area contributed by atoms with Gasteiger partial charge in [-0.2, -0.15) is 0 Å². The number of halogens is 3. The van der Waals surface area contributed by atoms with Crippen molar-refractivity contribution in [3.05, 3.63) is 33.0 Å². The topological polar surface area (TPSA) is 17.3 Å². The van der Waals surface area contributed by atoms with E-state index in [0.29, 0.717) is 14.4 Å². The fourth-order valence-electron chi connectivity index (χ4n) is 0.945. The van der Waals surface area contributed by atoms with Gasteiger partial charge >= 0.3 is 0 Å². The minimum Gasteiger partial charge on any atom is -0.288 e. The molecule has 0 aliphatic rings. The SMILES string of the molecule is Fc1cn2c(Cl)cnc2cc1I. The fraction of sp³-hybridized carbons (Fsp3) is 0. The molecule has 0 aliphatic heterocycles. The predicted octanol–water partition coefficient (Wildman–Crippen LogP) is 2.73. The second kappa shape index (κ2) is 2.85. The van der Waals surface area contributed by atoms with Gasteiger partial charge in [0.15, 0.2) is 5.82 Å². The van der Waals surface area contributed by atoms with Crippen molar-refractivity contribution in [2.45, 2.75) is 0 Å². The van der Waals surface area contributed by atoms with Crippen LogP contribution in [0.15, 0.2) is 18.5 Å². The first-order valence-electron chi connectivity index (χ1n) is 3.16. The monoisotopic (exact) mass is 296 g/mol. The summed E-state index contributed by atoms with van der Waals surface area (Å²) >= 11 is 7.64. The number of hydrogen-bond acceptors (Lipinski definition) is 1. The average Bonchev–Trinajstić information content (AvgIpc) is 2.35. The molecule has 0 amide bonds. The van der Waals surface area contributed by atoms with Crippen LogP contribution in [0.3, 0.4) is 0 Å². The van der Waals surface area contributed by atoms with Crippen LogP contribution in [0.2, 0.25) is 5.15 Å². The first-order valence-corrected chi connectivity index (χ1v) is 4.62. The van der Waals surface area contributed by atoms with E-state index >= 15 is 0 Å². The van der Waals surface area contributed by atoms with Crippen LogP contribution in [0.5, 0.6) is 0 Å². The molecule has 62 valence electrons. The predicted molar refractivity (Wildman–Crippen MR) is 52.9 cm³/mol. The number of aromatic nitrogens is 2. The Morgan fingerprint density at radius 3 is 3.08 bits per heavy atom. The van der Waals surface area contributed by atoms with E-state index in [1.165, 1.54) is 16.8 Å². The van der Waals surface area contributed by atoms with E-state index in [2.05, 4.69) is 4.98 Å². The van der Waals surface area contributed by atoms with Crippen LogP contribution in [0.1, 0.15) is 0 Å². The molecule has 0 spiro atoms. The van der Waals surface area contributed by atoms with Crippen molar-refractivity contribution >= 4 is 39.8 Å². The summed E-state index contributed by atoms with van der Waals surface area (Å²) in [5, 5.41) is 0.417. The summed E-state index contributed by atoms with van der Waals surface area (Å²) in [5.41, 5.74) is 0.658. The minimum atomic E-state index is -0.289. The highest BCUT2D eigenvalue weighted by atomic mass is 127. The second-order valence-electron chi connectivity index (χ2n) is 2.28. The van der Waals surface area contributed by atoms with Crippen LogP contribution < -0.4 is 0 Å². The quantitative estimate of drug-likeness (QED) is 0.683. The van der Waals surface area contributed by atoms with Crippen LogP contribution in [0, 0.1) is 9.39 Å². The highest BCUT2D eigenvalue weighted by molar-refractivity contribution is 14.1. The molecule has 0 fully saturated rings. The summed E-state index contributed by atoms with van der Waals surface area (Å²) in [4.78, 5) is 3.98. The van der Waals surface area contributed by atoms with Crippen molar-refractivity contribution < 1.29 is 4.39 Å². The maximum atomic E-state index is 13.0. The van der Waals surface area contributed by atoms with Crippen LogP contribution in [-0.4, -0.2) is 9.38 Å². The fourth-order valence-corrected chi connectivity index (χ4v) is 1.55. The van der Waals surface area contributed by atoms with Crippen molar-refractivity contribution in [2.24, 2.45) is 0 Å². The molecule has 2 rings (SSSR count). The van der Waals surface area contributed by atoms with E-state index in [-0.39, 0.29) is 5.82 Å². The normalized spacial score (nSPS) is 10.9. The van der Waals surface area contributed by atoms with Crippen LogP contribution >= 0.6 is 34.2 Å². The zero-order valence-electron chi connectivity index (χ0n) is 5.76. The van der Waals surface area contributed by atoms with Crippen molar-refractivity contribution in [1.82, 2.24) is 9.38 Å². The van der Waals surface area contributed by atoms with E-state index in [1.807, 2.05) is 22.6 Å². The maximum Gasteiger partial charge on any atom is 0.153 e. The van der Waals surface area contributed by atoms with Gasteiger partial charge in [-0.25, -0.2) is 9.37 Å². The maximum absolute atomic E-state index is 13.0.